The molecule has 0 spiro atoms. The molecule has 0 radical (unpaired) electrons. The number of hydrogen-bond acceptors (Lipinski definition) is 5. The number of pyridine rings is 1. The fourth-order valence-corrected chi connectivity index (χ4v) is 3.81. The molecule has 0 aliphatic carbocycles. The van der Waals surface area contributed by atoms with Crippen LogP contribution in [0, 0.1) is 0 Å². The maximum Gasteiger partial charge on any atom is 0.215 e. The highest BCUT2D eigenvalue weighted by atomic mass is 35.5. The van der Waals surface area contributed by atoms with E-state index in [1.54, 1.807) is 0 Å². The molecule has 0 unspecified atom stereocenters. The summed E-state index contributed by atoms with van der Waals surface area (Å²) in [6.45, 7) is 4.40. The van der Waals surface area contributed by atoms with Gasteiger partial charge < -0.3 is 15.4 Å². The van der Waals surface area contributed by atoms with Crippen LogP contribution in [0.15, 0.2) is 30.3 Å². The number of benzene rings is 1. The van der Waals surface area contributed by atoms with Gasteiger partial charge in [-0.3, -0.25) is 9.69 Å². The molecule has 1 aliphatic heterocycles. The summed E-state index contributed by atoms with van der Waals surface area (Å²) >= 11 is 6.09. The molecular formula is C22H29ClN4O2. The first kappa shape index (κ1) is 21.4. The quantitative estimate of drug-likeness (QED) is 0.434. The van der Waals surface area contributed by atoms with Gasteiger partial charge in [-0.1, -0.05) is 17.7 Å². The highest BCUT2D eigenvalue weighted by Gasteiger charge is 2.15. The molecule has 7 heteroatoms. The third-order valence-corrected chi connectivity index (χ3v) is 5.43. The predicted molar refractivity (Wildman–Crippen MR) is 117 cm³/mol. The molecule has 6 nitrogen and oxygen atoms in total. The molecule has 1 aromatic heterocycles. The van der Waals surface area contributed by atoms with Crippen molar-refractivity contribution in [3.05, 3.63) is 52.0 Å². The molecule has 3 rings (SSSR count). The molecule has 0 saturated heterocycles. The first-order chi connectivity index (χ1) is 14.2. The van der Waals surface area contributed by atoms with Gasteiger partial charge in [0.05, 0.1) is 6.61 Å². The molecule has 2 heterocycles. The number of anilines is 1. The van der Waals surface area contributed by atoms with E-state index in [1.807, 2.05) is 25.2 Å². The SMILES string of the molecule is CNc1nc(OCCCCN2CCc3cc(Cl)ccc3C2)ccc1CCNC=O. The van der Waals surface area contributed by atoms with Gasteiger partial charge in [-0.15, -0.1) is 0 Å². The second-order valence-corrected chi connectivity index (χ2v) is 7.66. The monoisotopic (exact) mass is 416 g/mol. The standard InChI is InChI=1S/C22H29ClN4O2/c1-24-22-17(8-10-25-16-28)5-7-21(26-22)29-13-3-2-11-27-12-9-18-14-20(23)6-4-19(18)15-27/h4-7,14,16H,2-3,8-13,15H2,1H3,(H,24,26)(H,25,28). The van der Waals surface area contributed by atoms with E-state index in [1.165, 1.54) is 11.1 Å². The van der Waals surface area contributed by atoms with Gasteiger partial charge in [0.2, 0.25) is 12.3 Å². The van der Waals surface area contributed by atoms with E-state index >= 15 is 0 Å². The van der Waals surface area contributed by atoms with Crippen molar-refractivity contribution in [2.75, 3.05) is 38.6 Å². The lowest BCUT2D eigenvalue weighted by Crippen LogP contribution is -2.31. The van der Waals surface area contributed by atoms with E-state index in [4.69, 9.17) is 16.3 Å². The fraction of sp³-hybridized carbons (Fsp3) is 0.455. The van der Waals surface area contributed by atoms with E-state index in [-0.39, 0.29) is 0 Å². The van der Waals surface area contributed by atoms with E-state index < -0.39 is 0 Å². The van der Waals surface area contributed by atoms with Gasteiger partial charge in [0, 0.05) is 37.8 Å². The zero-order chi connectivity index (χ0) is 20.5. The van der Waals surface area contributed by atoms with Gasteiger partial charge in [-0.05, 0) is 67.1 Å². The lowest BCUT2D eigenvalue weighted by atomic mass is 10.00. The van der Waals surface area contributed by atoms with Crippen molar-refractivity contribution < 1.29 is 9.53 Å². The number of hydrogen-bond donors (Lipinski definition) is 2. The van der Waals surface area contributed by atoms with E-state index in [9.17, 15) is 4.79 Å². The number of amides is 1. The van der Waals surface area contributed by atoms with Crippen LogP contribution < -0.4 is 15.4 Å². The van der Waals surface area contributed by atoms with E-state index in [0.29, 0.717) is 25.4 Å². The average Bonchev–Trinajstić information content (AvgIpc) is 2.74. The molecular weight excluding hydrogens is 388 g/mol. The maximum absolute atomic E-state index is 10.4. The van der Waals surface area contributed by atoms with E-state index in [2.05, 4.69) is 32.7 Å². The number of unbranched alkanes of at least 4 members (excludes halogenated alkanes) is 1. The molecule has 2 N–H and O–H groups in total. The number of ether oxygens (including phenoxy) is 1. The Labute approximate surface area is 177 Å². The molecule has 29 heavy (non-hydrogen) atoms. The smallest absolute Gasteiger partial charge is 0.215 e. The van der Waals surface area contributed by atoms with Crippen LogP contribution in [0.3, 0.4) is 0 Å². The zero-order valence-electron chi connectivity index (χ0n) is 16.9. The second kappa shape index (κ2) is 11.0. The van der Waals surface area contributed by atoms with Gasteiger partial charge in [0.1, 0.15) is 5.82 Å². The first-order valence-electron chi connectivity index (χ1n) is 10.2. The Morgan fingerprint density at radius 2 is 2.14 bits per heavy atom. The van der Waals surface area contributed by atoms with Crippen LogP contribution in [-0.2, 0) is 24.2 Å². The molecule has 156 valence electrons. The molecule has 1 amide bonds. The van der Waals surface area contributed by atoms with Crippen molar-refractivity contribution in [2.45, 2.75) is 32.2 Å². The number of halogens is 1. The van der Waals surface area contributed by atoms with Gasteiger partial charge in [-0.25, -0.2) is 0 Å². The van der Waals surface area contributed by atoms with Gasteiger partial charge in [0.15, 0.2) is 0 Å². The Morgan fingerprint density at radius 3 is 2.97 bits per heavy atom. The zero-order valence-corrected chi connectivity index (χ0v) is 17.7. The second-order valence-electron chi connectivity index (χ2n) is 7.22. The maximum atomic E-state index is 10.4. The third kappa shape index (κ3) is 6.34. The van der Waals surface area contributed by atoms with Crippen molar-refractivity contribution in [1.82, 2.24) is 15.2 Å². The van der Waals surface area contributed by atoms with Crippen molar-refractivity contribution in [2.24, 2.45) is 0 Å². The molecule has 0 bridgehead atoms. The molecule has 1 aromatic carbocycles. The topological polar surface area (TPSA) is 66.5 Å². The molecule has 0 atom stereocenters. The molecule has 2 aromatic rings. The third-order valence-electron chi connectivity index (χ3n) is 5.19. The van der Waals surface area contributed by atoms with Crippen LogP contribution in [0.5, 0.6) is 5.88 Å². The summed E-state index contributed by atoms with van der Waals surface area (Å²) in [5.74, 6) is 1.42. The summed E-state index contributed by atoms with van der Waals surface area (Å²) in [6, 6.07) is 10.1. The van der Waals surface area contributed by atoms with Gasteiger partial charge >= 0.3 is 0 Å². The number of nitrogens with zero attached hydrogens (tertiary/aromatic N) is 2. The summed E-state index contributed by atoms with van der Waals surface area (Å²) in [5, 5.41) is 6.59. The Kier molecular flexibility index (Phi) is 8.14. The summed E-state index contributed by atoms with van der Waals surface area (Å²) in [5.41, 5.74) is 3.83. The number of nitrogens with one attached hydrogen (secondary N) is 2. The summed E-state index contributed by atoms with van der Waals surface area (Å²) in [4.78, 5) is 17.4. The van der Waals surface area contributed by atoms with Crippen LogP contribution >= 0.6 is 11.6 Å². The Balaban J connectivity index is 1.38. The lowest BCUT2D eigenvalue weighted by molar-refractivity contribution is -0.109. The van der Waals surface area contributed by atoms with Gasteiger partial charge in [-0.2, -0.15) is 4.98 Å². The molecule has 1 aliphatic rings. The van der Waals surface area contributed by atoms with Crippen LogP contribution in [0.1, 0.15) is 29.5 Å². The van der Waals surface area contributed by atoms with Crippen molar-refractivity contribution in [3.63, 3.8) is 0 Å². The summed E-state index contributed by atoms with van der Waals surface area (Å²) < 4.78 is 5.83. The number of aromatic nitrogens is 1. The average molecular weight is 417 g/mol. The number of fused-ring (bicyclic) bond motifs is 1. The van der Waals surface area contributed by atoms with Crippen molar-refractivity contribution >= 4 is 23.8 Å². The number of rotatable bonds is 11. The highest BCUT2D eigenvalue weighted by molar-refractivity contribution is 6.30. The minimum Gasteiger partial charge on any atom is -0.478 e. The number of carbonyl (C=O) groups excluding carboxylic acids is 1. The minimum absolute atomic E-state index is 0.591. The summed E-state index contributed by atoms with van der Waals surface area (Å²) in [7, 11) is 1.84. The van der Waals surface area contributed by atoms with Crippen LogP contribution in [-0.4, -0.2) is 49.6 Å². The van der Waals surface area contributed by atoms with Gasteiger partial charge in [0.25, 0.3) is 0 Å². The highest BCUT2D eigenvalue weighted by Crippen LogP contribution is 2.23. The number of carbonyl (C=O) groups is 1. The minimum atomic E-state index is 0.591. The first-order valence-corrected chi connectivity index (χ1v) is 10.5. The predicted octanol–water partition coefficient (Wildman–Crippen LogP) is 3.28. The van der Waals surface area contributed by atoms with Crippen molar-refractivity contribution in [3.8, 4) is 5.88 Å². The Morgan fingerprint density at radius 1 is 1.24 bits per heavy atom. The van der Waals surface area contributed by atoms with Crippen LogP contribution in [0.2, 0.25) is 5.02 Å². The van der Waals surface area contributed by atoms with Crippen molar-refractivity contribution in [1.29, 1.82) is 0 Å². The fourth-order valence-electron chi connectivity index (χ4n) is 3.62. The Hall–Kier alpha value is -2.31. The van der Waals surface area contributed by atoms with E-state index in [0.717, 1.165) is 61.7 Å². The Bertz CT molecular complexity index is 815. The summed E-state index contributed by atoms with van der Waals surface area (Å²) in [6.07, 6.45) is 4.59. The normalized spacial score (nSPS) is 13.6. The molecule has 0 fully saturated rings. The lowest BCUT2D eigenvalue weighted by Gasteiger charge is -2.28. The van der Waals surface area contributed by atoms with Crippen LogP contribution in [0.4, 0.5) is 5.82 Å². The van der Waals surface area contributed by atoms with Crippen LogP contribution in [0.25, 0.3) is 0 Å². The largest absolute Gasteiger partial charge is 0.478 e. The molecule has 0 saturated carbocycles.